The van der Waals surface area contributed by atoms with Gasteiger partial charge in [-0.3, -0.25) is 9.59 Å². The number of methoxy groups -OCH3 is 2. The molecule has 0 fully saturated rings. The molecule has 0 heterocycles. The molecule has 0 bridgehead atoms. The van der Waals surface area contributed by atoms with Gasteiger partial charge in [0.15, 0.2) is 5.41 Å². The van der Waals surface area contributed by atoms with E-state index in [0.29, 0.717) is 4.43 Å². The minimum Gasteiger partial charge on any atom is -0.468 e. The van der Waals surface area contributed by atoms with Gasteiger partial charge >= 0.3 is 11.9 Å². The van der Waals surface area contributed by atoms with Crippen LogP contribution in [0.4, 0.5) is 0 Å². The molecule has 28 heavy (non-hydrogen) atoms. The summed E-state index contributed by atoms with van der Waals surface area (Å²) >= 11 is 5.66. The number of esters is 2. The van der Waals surface area contributed by atoms with Crippen molar-refractivity contribution < 1.29 is 19.1 Å². The molecule has 1 aromatic carbocycles. The van der Waals surface area contributed by atoms with E-state index in [4.69, 9.17) is 9.47 Å². The zero-order chi connectivity index (χ0) is 21.2. The molecule has 0 amide bonds. The standard InChI is InChI=1S/C22H24BrIO4/c1-21(2,16-17-10-5-6-11-18(17)23)12-9-14-22(19(25)27-3,20(26)28-4)13-7-8-15-24/h5-6,10-11H,13-16H2,1-4H3. The predicted molar refractivity (Wildman–Crippen MR) is 122 cm³/mol. The second-order valence-electron chi connectivity index (χ2n) is 6.86. The summed E-state index contributed by atoms with van der Waals surface area (Å²) in [5.41, 5.74) is -0.754. The van der Waals surface area contributed by atoms with Crippen LogP contribution in [0.1, 0.15) is 32.3 Å². The lowest BCUT2D eigenvalue weighted by Crippen LogP contribution is -2.41. The Morgan fingerprint density at radius 1 is 1.04 bits per heavy atom. The van der Waals surface area contributed by atoms with Gasteiger partial charge in [-0.2, -0.15) is 0 Å². The largest absolute Gasteiger partial charge is 0.468 e. The summed E-state index contributed by atoms with van der Waals surface area (Å²) in [6.45, 7) is 4.04. The molecule has 0 aliphatic heterocycles. The summed E-state index contributed by atoms with van der Waals surface area (Å²) in [7, 11) is 2.49. The molecule has 0 aliphatic rings. The summed E-state index contributed by atoms with van der Waals surface area (Å²) in [4.78, 5) is 24.9. The first-order valence-corrected chi connectivity index (χ1v) is 11.0. The van der Waals surface area contributed by atoms with Gasteiger partial charge in [-0.1, -0.05) is 68.6 Å². The average molecular weight is 559 g/mol. The molecule has 0 saturated heterocycles. The fourth-order valence-electron chi connectivity index (χ4n) is 2.68. The van der Waals surface area contributed by atoms with E-state index >= 15 is 0 Å². The summed E-state index contributed by atoms with van der Waals surface area (Å²) in [6.07, 6.45) is 0.718. The molecule has 0 N–H and O–H groups in total. The van der Waals surface area contributed by atoms with Gasteiger partial charge in [0.05, 0.1) is 18.6 Å². The number of hydrogen-bond donors (Lipinski definition) is 0. The zero-order valence-electron chi connectivity index (χ0n) is 16.5. The second-order valence-corrected chi connectivity index (χ2v) is 8.48. The Hall–Kier alpha value is -1.51. The molecule has 150 valence electrons. The maximum atomic E-state index is 12.5. The Kier molecular flexibility index (Phi) is 10.1. The highest BCUT2D eigenvalue weighted by molar-refractivity contribution is 14.1. The Morgan fingerprint density at radius 3 is 2.14 bits per heavy atom. The highest BCUT2D eigenvalue weighted by atomic mass is 127. The lowest BCUT2D eigenvalue weighted by molar-refractivity contribution is -0.168. The fourth-order valence-corrected chi connectivity index (χ4v) is 3.38. The Morgan fingerprint density at radius 2 is 1.61 bits per heavy atom. The molecular weight excluding hydrogens is 535 g/mol. The van der Waals surface area contributed by atoms with E-state index in [0.717, 1.165) is 16.5 Å². The third-order valence-corrected chi connectivity index (χ3v) is 5.30. The van der Waals surface area contributed by atoms with Crippen LogP contribution in [-0.2, 0) is 25.5 Å². The highest BCUT2D eigenvalue weighted by Crippen LogP contribution is 2.31. The molecule has 0 radical (unpaired) electrons. The van der Waals surface area contributed by atoms with Crippen molar-refractivity contribution in [3.63, 3.8) is 0 Å². The molecule has 0 aromatic heterocycles. The number of carbonyl (C=O) groups is 2. The topological polar surface area (TPSA) is 52.6 Å². The minimum absolute atomic E-state index is 0.00862. The van der Waals surface area contributed by atoms with Gasteiger partial charge in [-0.25, -0.2) is 0 Å². The first kappa shape index (κ1) is 24.5. The van der Waals surface area contributed by atoms with Gasteiger partial charge in [0, 0.05) is 22.7 Å². The normalized spacial score (nSPS) is 10.8. The molecule has 1 aromatic rings. The first-order chi connectivity index (χ1) is 13.2. The SMILES string of the molecule is COC(=O)C(CC#CCI)(CC#CC(C)(C)Cc1ccccc1Br)C(=O)OC. The van der Waals surface area contributed by atoms with Gasteiger partial charge in [0.25, 0.3) is 0 Å². The monoisotopic (exact) mass is 558 g/mol. The first-order valence-electron chi connectivity index (χ1n) is 8.64. The van der Waals surface area contributed by atoms with Gasteiger partial charge in [-0.05, 0) is 31.9 Å². The average Bonchev–Trinajstić information content (AvgIpc) is 2.67. The predicted octanol–water partition coefficient (Wildman–Crippen LogP) is 4.57. The Bertz CT molecular complexity index is 808. The lowest BCUT2D eigenvalue weighted by atomic mass is 9.80. The van der Waals surface area contributed by atoms with E-state index in [1.165, 1.54) is 14.2 Å². The Labute approximate surface area is 189 Å². The molecule has 0 aliphatic carbocycles. The number of carbonyl (C=O) groups excluding carboxylic acids is 2. The lowest BCUT2D eigenvalue weighted by Gasteiger charge is -2.24. The zero-order valence-corrected chi connectivity index (χ0v) is 20.3. The maximum absolute atomic E-state index is 12.5. The Balaban J connectivity index is 3.14. The number of alkyl halides is 1. The summed E-state index contributed by atoms with van der Waals surface area (Å²) < 4.78 is 11.4. The van der Waals surface area contributed by atoms with Crippen molar-refractivity contribution in [2.45, 2.75) is 33.1 Å². The molecule has 4 nitrogen and oxygen atoms in total. The molecule has 6 heteroatoms. The van der Waals surface area contributed by atoms with Crippen molar-refractivity contribution in [3.8, 4) is 23.7 Å². The second kappa shape index (κ2) is 11.5. The third-order valence-electron chi connectivity index (χ3n) is 4.14. The number of hydrogen-bond acceptors (Lipinski definition) is 4. The smallest absolute Gasteiger partial charge is 0.325 e. The molecule has 0 unspecified atom stereocenters. The summed E-state index contributed by atoms with van der Waals surface area (Å²) in [5, 5.41) is 0. The summed E-state index contributed by atoms with van der Waals surface area (Å²) in [6, 6.07) is 7.98. The van der Waals surface area contributed by atoms with E-state index in [2.05, 4.69) is 62.2 Å². The molecule has 0 saturated carbocycles. The van der Waals surface area contributed by atoms with Crippen molar-refractivity contribution in [3.05, 3.63) is 34.3 Å². The molecule has 0 atom stereocenters. The quantitative estimate of drug-likeness (QED) is 0.169. The van der Waals surface area contributed by atoms with Crippen LogP contribution in [0.5, 0.6) is 0 Å². The maximum Gasteiger partial charge on any atom is 0.325 e. The molecule has 1 rings (SSSR count). The van der Waals surface area contributed by atoms with Gasteiger partial charge in [-0.15, -0.1) is 11.8 Å². The van der Waals surface area contributed by atoms with Crippen LogP contribution in [-0.4, -0.2) is 30.6 Å². The fraction of sp³-hybridized carbons (Fsp3) is 0.455. The number of rotatable bonds is 6. The summed E-state index contributed by atoms with van der Waals surface area (Å²) in [5.74, 6) is 10.6. The van der Waals surface area contributed by atoms with Crippen molar-refractivity contribution in [1.82, 2.24) is 0 Å². The number of ether oxygens (including phenoxy) is 2. The van der Waals surface area contributed by atoms with E-state index < -0.39 is 17.4 Å². The van der Waals surface area contributed by atoms with Crippen LogP contribution in [0.15, 0.2) is 28.7 Å². The van der Waals surface area contributed by atoms with Crippen LogP contribution < -0.4 is 0 Å². The van der Waals surface area contributed by atoms with Gasteiger partial charge in [0.2, 0.25) is 0 Å². The molecular formula is C22H24BrIO4. The minimum atomic E-state index is -1.54. The van der Waals surface area contributed by atoms with E-state index in [-0.39, 0.29) is 18.3 Å². The van der Waals surface area contributed by atoms with Gasteiger partial charge in [0.1, 0.15) is 0 Å². The van der Waals surface area contributed by atoms with Crippen LogP contribution in [0, 0.1) is 34.5 Å². The van der Waals surface area contributed by atoms with E-state index in [1.807, 2.05) is 38.1 Å². The van der Waals surface area contributed by atoms with Gasteiger partial charge < -0.3 is 9.47 Å². The highest BCUT2D eigenvalue weighted by Gasteiger charge is 2.47. The number of halogens is 2. The van der Waals surface area contributed by atoms with Crippen molar-refractivity contribution in [1.29, 1.82) is 0 Å². The van der Waals surface area contributed by atoms with Crippen LogP contribution >= 0.6 is 38.5 Å². The van der Waals surface area contributed by atoms with E-state index in [1.54, 1.807) is 0 Å². The van der Waals surface area contributed by atoms with Crippen LogP contribution in [0.2, 0.25) is 0 Å². The molecule has 0 spiro atoms. The third kappa shape index (κ3) is 6.83. The van der Waals surface area contributed by atoms with Crippen molar-refractivity contribution >= 4 is 50.5 Å². The van der Waals surface area contributed by atoms with Crippen LogP contribution in [0.3, 0.4) is 0 Å². The van der Waals surface area contributed by atoms with Crippen LogP contribution in [0.25, 0.3) is 0 Å². The number of benzene rings is 1. The van der Waals surface area contributed by atoms with Crippen molar-refractivity contribution in [2.24, 2.45) is 10.8 Å². The van der Waals surface area contributed by atoms with E-state index in [9.17, 15) is 9.59 Å². The van der Waals surface area contributed by atoms with Crippen molar-refractivity contribution in [2.75, 3.05) is 18.6 Å².